The summed E-state index contributed by atoms with van der Waals surface area (Å²) < 4.78 is 3.80. The van der Waals surface area contributed by atoms with Crippen molar-refractivity contribution in [1.29, 1.82) is 0 Å². The highest BCUT2D eigenvalue weighted by molar-refractivity contribution is 6.53. The first-order valence-corrected chi connectivity index (χ1v) is 7.38. The average Bonchev–Trinajstić information content (AvgIpc) is 2.96. The van der Waals surface area contributed by atoms with E-state index in [1.54, 1.807) is 31.2 Å². The predicted octanol–water partition coefficient (Wildman–Crippen LogP) is 2.95. The van der Waals surface area contributed by atoms with Crippen LogP contribution in [0.15, 0.2) is 24.3 Å². The molecule has 7 heteroatoms. The molecule has 1 aliphatic carbocycles. The molecule has 1 amide bonds. The van der Waals surface area contributed by atoms with Crippen molar-refractivity contribution >= 4 is 46.5 Å². The molecule has 1 unspecified atom stereocenters. The number of ketones is 1. The monoisotopic (exact) mass is 343 g/mol. The van der Waals surface area contributed by atoms with Gasteiger partial charge >= 0.3 is 5.97 Å². The second-order valence-electron chi connectivity index (χ2n) is 5.44. The number of hydrogen-bond acceptors (Lipinski definition) is 4. The highest BCUT2D eigenvalue weighted by Gasteiger charge is 2.69. The molecule has 1 aliphatic rings. The van der Waals surface area contributed by atoms with E-state index < -0.39 is 28.2 Å². The van der Waals surface area contributed by atoms with Crippen LogP contribution in [-0.4, -0.2) is 28.6 Å². The Hall–Kier alpha value is -1.59. The lowest BCUT2D eigenvalue weighted by molar-refractivity contribution is -0.152. The highest BCUT2D eigenvalue weighted by Crippen LogP contribution is 2.64. The number of carbonyl (C=O) groups is 3. The van der Waals surface area contributed by atoms with Crippen LogP contribution >= 0.6 is 23.2 Å². The van der Waals surface area contributed by atoms with Gasteiger partial charge in [-0.15, -0.1) is 23.2 Å². The van der Waals surface area contributed by atoms with Gasteiger partial charge in [0.25, 0.3) is 5.91 Å². The molecule has 0 bridgehead atoms. The predicted molar refractivity (Wildman–Crippen MR) is 83.2 cm³/mol. The molecule has 0 spiro atoms. The van der Waals surface area contributed by atoms with E-state index in [2.05, 4.69) is 5.32 Å². The summed E-state index contributed by atoms with van der Waals surface area (Å²) in [6.07, 6.45) is 0.288. The van der Waals surface area contributed by atoms with Gasteiger partial charge in [-0.05, 0) is 26.0 Å². The molecule has 1 aromatic carbocycles. The van der Waals surface area contributed by atoms with Crippen LogP contribution in [0.4, 0.5) is 5.69 Å². The Morgan fingerprint density at radius 2 is 1.86 bits per heavy atom. The van der Waals surface area contributed by atoms with Crippen LogP contribution < -0.4 is 5.32 Å². The van der Waals surface area contributed by atoms with Gasteiger partial charge < -0.3 is 10.1 Å². The average molecular weight is 344 g/mol. The molecule has 1 aromatic rings. The first-order chi connectivity index (χ1) is 10.2. The summed E-state index contributed by atoms with van der Waals surface area (Å²) in [5.74, 6) is -1.33. The number of halogens is 2. The number of amides is 1. The topological polar surface area (TPSA) is 72.5 Å². The van der Waals surface area contributed by atoms with E-state index in [0.29, 0.717) is 11.3 Å². The lowest BCUT2D eigenvalue weighted by atomic mass is 10.1. The van der Waals surface area contributed by atoms with Crippen molar-refractivity contribution < 1.29 is 19.1 Å². The number of hydrogen-bond donors (Lipinski definition) is 1. The normalized spacial score (nSPS) is 21.8. The number of rotatable bonds is 5. The third-order valence-corrected chi connectivity index (χ3v) is 4.72. The molecule has 5 nitrogen and oxygen atoms in total. The summed E-state index contributed by atoms with van der Waals surface area (Å²) in [4.78, 5) is 35.1. The van der Waals surface area contributed by atoms with Crippen molar-refractivity contribution in [2.75, 3.05) is 11.9 Å². The Morgan fingerprint density at radius 1 is 1.27 bits per heavy atom. The third kappa shape index (κ3) is 3.25. The number of benzene rings is 1. The summed E-state index contributed by atoms with van der Waals surface area (Å²) >= 11 is 11.7. The number of alkyl halides is 2. The van der Waals surface area contributed by atoms with Gasteiger partial charge in [-0.1, -0.05) is 12.1 Å². The molecule has 0 aliphatic heterocycles. The van der Waals surface area contributed by atoms with E-state index in [1.807, 2.05) is 0 Å². The second-order valence-corrected chi connectivity index (χ2v) is 6.92. The first-order valence-electron chi connectivity index (χ1n) is 6.62. The number of ether oxygens (including phenoxy) is 1. The molecule has 118 valence electrons. The maximum Gasteiger partial charge on any atom is 0.315 e. The smallest absolute Gasteiger partial charge is 0.315 e. The van der Waals surface area contributed by atoms with Crippen molar-refractivity contribution in [3.63, 3.8) is 0 Å². The number of Topliss-reactive ketones (excluding diaryl/α,β-unsaturated/α-hetero) is 1. The fourth-order valence-electron chi connectivity index (χ4n) is 2.00. The maximum absolute atomic E-state index is 11.8. The third-order valence-electron chi connectivity index (χ3n) is 3.62. The lowest BCUT2D eigenvalue weighted by Crippen LogP contribution is -2.27. The van der Waals surface area contributed by atoms with Crippen LogP contribution in [0.2, 0.25) is 0 Å². The molecule has 1 N–H and O–H groups in total. The SMILES string of the molecule is CC(=O)c1ccccc1NC(=O)COC(=O)C1(C)CC1(Cl)Cl. The summed E-state index contributed by atoms with van der Waals surface area (Å²) in [5.41, 5.74) is -0.220. The number of nitrogens with one attached hydrogen (secondary N) is 1. The Bertz CT molecular complexity index is 644. The standard InChI is InChI=1S/C15H15Cl2NO4/c1-9(19)10-5-3-4-6-11(10)18-12(20)7-22-13(21)14(2)8-15(14,16)17/h3-6H,7-8H2,1-2H3,(H,18,20). The number of carbonyl (C=O) groups excluding carboxylic acids is 3. The van der Waals surface area contributed by atoms with Crippen molar-refractivity contribution in [3.05, 3.63) is 29.8 Å². The summed E-state index contributed by atoms with van der Waals surface area (Å²) in [5, 5.41) is 2.54. The molecular weight excluding hydrogens is 329 g/mol. The molecule has 1 saturated carbocycles. The Labute approximate surface area is 137 Å². The zero-order chi connectivity index (χ0) is 16.5. The fourth-order valence-corrected chi connectivity index (χ4v) is 2.69. The van der Waals surface area contributed by atoms with E-state index in [-0.39, 0.29) is 12.2 Å². The molecule has 22 heavy (non-hydrogen) atoms. The van der Waals surface area contributed by atoms with Gasteiger partial charge in [0.15, 0.2) is 12.4 Å². The molecule has 0 radical (unpaired) electrons. The van der Waals surface area contributed by atoms with Gasteiger partial charge in [0.2, 0.25) is 0 Å². The van der Waals surface area contributed by atoms with E-state index in [4.69, 9.17) is 27.9 Å². The van der Waals surface area contributed by atoms with E-state index >= 15 is 0 Å². The minimum atomic E-state index is -1.14. The molecule has 1 atom stereocenters. The van der Waals surface area contributed by atoms with Gasteiger partial charge in [0.05, 0.1) is 5.69 Å². The zero-order valence-electron chi connectivity index (χ0n) is 12.1. The van der Waals surface area contributed by atoms with Crippen LogP contribution in [0.5, 0.6) is 0 Å². The second kappa shape index (κ2) is 5.89. The summed E-state index contributed by atoms with van der Waals surface area (Å²) in [6, 6.07) is 6.58. The van der Waals surface area contributed by atoms with E-state index in [9.17, 15) is 14.4 Å². The van der Waals surface area contributed by atoms with Crippen LogP contribution in [0.1, 0.15) is 30.6 Å². The molecule has 0 heterocycles. The van der Waals surface area contributed by atoms with Crippen LogP contribution in [-0.2, 0) is 14.3 Å². The zero-order valence-corrected chi connectivity index (χ0v) is 13.6. The van der Waals surface area contributed by atoms with E-state index in [0.717, 1.165) is 0 Å². The fraction of sp³-hybridized carbons (Fsp3) is 0.400. The highest BCUT2D eigenvalue weighted by atomic mass is 35.5. The van der Waals surface area contributed by atoms with Crippen molar-refractivity contribution in [1.82, 2.24) is 0 Å². The summed E-state index contributed by atoms with van der Waals surface area (Å²) in [6.45, 7) is 2.52. The molecule has 2 rings (SSSR count). The van der Waals surface area contributed by atoms with Gasteiger partial charge in [0.1, 0.15) is 9.75 Å². The van der Waals surface area contributed by atoms with Gasteiger partial charge in [-0.25, -0.2) is 0 Å². The van der Waals surface area contributed by atoms with Crippen molar-refractivity contribution in [3.8, 4) is 0 Å². The van der Waals surface area contributed by atoms with Crippen molar-refractivity contribution in [2.45, 2.75) is 24.6 Å². The maximum atomic E-state index is 11.8. The van der Waals surface area contributed by atoms with Gasteiger partial charge in [-0.2, -0.15) is 0 Å². The van der Waals surface area contributed by atoms with E-state index in [1.165, 1.54) is 6.92 Å². The number of esters is 1. The minimum Gasteiger partial charge on any atom is -0.455 e. The number of para-hydroxylation sites is 1. The molecular formula is C15H15Cl2NO4. The lowest BCUT2D eigenvalue weighted by Gasteiger charge is -2.12. The quantitative estimate of drug-likeness (QED) is 0.506. The Morgan fingerprint density at radius 3 is 2.41 bits per heavy atom. The van der Waals surface area contributed by atoms with Gasteiger partial charge in [0, 0.05) is 12.0 Å². The van der Waals surface area contributed by atoms with Crippen LogP contribution in [0.25, 0.3) is 0 Å². The number of anilines is 1. The molecule has 0 saturated heterocycles. The Balaban J connectivity index is 1.92. The van der Waals surface area contributed by atoms with Gasteiger partial charge in [-0.3, -0.25) is 14.4 Å². The molecule has 1 fully saturated rings. The summed E-state index contributed by atoms with van der Waals surface area (Å²) in [7, 11) is 0. The van der Waals surface area contributed by atoms with Crippen LogP contribution in [0.3, 0.4) is 0 Å². The van der Waals surface area contributed by atoms with Crippen LogP contribution in [0, 0.1) is 5.41 Å². The first kappa shape index (κ1) is 16.8. The minimum absolute atomic E-state index is 0.174. The Kier molecular flexibility index (Phi) is 4.49. The van der Waals surface area contributed by atoms with Crippen molar-refractivity contribution in [2.24, 2.45) is 5.41 Å². The molecule has 0 aromatic heterocycles. The largest absolute Gasteiger partial charge is 0.455 e.